The number of hydrogen-bond acceptors (Lipinski definition) is 19. The lowest BCUT2D eigenvalue weighted by Crippen LogP contribution is -2.65. The molecule has 0 radical (unpaired) electrons. The quantitative estimate of drug-likeness (QED) is 0.120. The van der Waals surface area contributed by atoms with Gasteiger partial charge in [-0.3, -0.25) is 0 Å². The van der Waals surface area contributed by atoms with E-state index in [1.807, 2.05) is 0 Å². The third-order valence-corrected chi connectivity index (χ3v) is 9.36. The van der Waals surface area contributed by atoms with Crippen molar-refractivity contribution in [3.05, 3.63) is 53.3 Å². The van der Waals surface area contributed by atoms with Gasteiger partial charge in [0.25, 0.3) is 0 Å². The summed E-state index contributed by atoms with van der Waals surface area (Å²) in [6.07, 6.45) is -24.7. The van der Waals surface area contributed by atoms with Crippen LogP contribution in [0.2, 0.25) is 0 Å². The normalized spacial score (nSPS) is 40.7. The summed E-state index contributed by atoms with van der Waals surface area (Å²) < 4.78 is 40.7. The highest BCUT2D eigenvalue weighted by atomic mass is 16.8. The first-order chi connectivity index (χ1) is 24.7. The lowest BCUT2D eigenvalue weighted by atomic mass is 9.97. The Bertz CT molecular complexity index is 1550. The molecule has 3 saturated heterocycles. The van der Waals surface area contributed by atoms with E-state index in [1.54, 1.807) is 0 Å². The van der Waals surface area contributed by atoms with E-state index in [1.165, 1.54) is 43.3 Å². The molecule has 6 rings (SSSR count). The Labute approximate surface area is 295 Å². The molecule has 4 aliphatic heterocycles. The van der Waals surface area contributed by atoms with Crippen LogP contribution in [-0.4, -0.2) is 167 Å². The summed E-state index contributed by atoms with van der Waals surface area (Å²) in [5, 5.41) is 125. The van der Waals surface area contributed by atoms with Gasteiger partial charge in [0.15, 0.2) is 24.8 Å². The molecule has 19 heteroatoms. The van der Waals surface area contributed by atoms with Crippen molar-refractivity contribution in [2.45, 2.75) is 105 Å². The van der Waals surface area contributed by atoms with Crippen LogP contribution in [0, 0.1) is 0 Å². The van der Waals surface area contributed by atoms with Crippen molar-refractivity contribution in [2.24, 2.45) is 0 Å². The van der Waals surface area contributed by atoms with Gasteiger partial charge >= 0.3 is 0 Å². The third-order valence-electron chi connectivity index (χ3n) is 9.36. The molecule has 0 saturated carbocycles. The molecule has 2 aromatic rings. The summed E-state index contributed by atoms with van der Waals surface area (Å²) in [4.78, 5) is 0. The first-order valence-corrected chi connectivity index (χ1v) is 16.4. The molecule has 19 nitrogen and oxygen atoms in total. The molecule has 0 spiro atoms. The molecule has 2 aromatic carbocycles. The third kappa shape index (κ3) is 7.52. The maximum atomic E-state index is 11.4. The number of benzene rings is 2. The Kier molecular flexibility index (Phi) is 11.5. The lowest BCUT2D eigenvalue weighted by Gasteiger charge is -2.47. The highest BCUT2D eigenvalue weighted by Gasteiger charge is 2.53. The van der Waals surface area contributed by atoms with Crippen molar-refractivity contribution < 1.29 is 94.4 Å². The van der Waals surface area contributed by atoms with Gasteiger partial charge in [0.1, 0.15) is 89.8 Å². The van der Waals surface area contributed by atoms with Crippen LogP contribution in [0.15, 0.2) is 42.2 Å². The van der Waals surface area contributed by atoms with Gasteiger partial charge in [0.2, 0.25) is 6.29 Å². The predicted molar refractivity (Wildman–Crippen MR) is 168 cm³/mol. The van der Waals surface area contributed by atoms with Crippen molar-refractivity contribution in [3.8, 4) is 23.0 Å². The minimum atomic E-state index is -1.95. The molecule has 52 heavy (non-hydrogen) atoms. The van der Waals surface area contributed by atoms with Crippen molar-refractivity contribution in [1.82, 2.24) is 0 Å². The fourth-order valence-electron chi connectivity index (χ4n) is 6.31. The van der Waals surface area contributed by atoms with Gasteiger partial charge in [-0.25, -0.2) is 0 Å². The molecular formula is C33H42O19. The molecule has 0 aliphatic carbocycles. The van der Waals surface area contributed by atoms with Crippen LogP contribution in [0.1, 0.15) is 24.2 Å². The number of rotatable bonds is 9. The van der Waals surface area contributed by atoms with Crippen molar-refractivity contribution in [1.29, 1.82) is 0 Å². The smallest absolute Gasteiger partial charge is 0.229 e. The average Bonchev–Trinajstić information content (AvgIpc) is 3.12. The number of aliphatic hydroxyl groups is 9. The number of aliphatic hydroxyl groups excluding tert-OH is 9. The molecule has 4 heterocycles. The van der Waals surface area contributed by atoms with Crippen LogP contribution >= 0.6 is 0 Å². The molecule has 1 unspecified atom stereocenters. The van der Waals surface area contributed by atoms with Gasteiger partial charge in [-0.05, 0) is 25.1 Å². The Hall–Kier alpha value is -3.38. The molecule has 0 bridgehead atoms. The zero-order chi connectivity index (χ0) is 37.6. The maximum absolute atomic E-state index is 11.4. The summed E-state index contributed by atoms with van der Waals surface area (Å²) in [5.74, 6) is -0.866. The topological polar surface area (TPSA) is 307 Å². The SMILES string of the molecule is C[C@@H]1O[C@@H](OC[C@@H]2O[C@@H](OC3=Cc4c(O)cc(O)cc4OC3c3ccc(O)cc3)[C@@H](O[C@@H]3O[C@H](CO)[C@@H](O)[C@H](O)[C@H]3O)[C@@H](O)[C@@H]2O)[C@H](O)[C@@H](O)[C@H]1O. The van der Waals surface area contributed by atoms with E-state index in [0.717, 1.165) is 6.07 Å². The van der Waals surface area contributed by atoms with Gasteiger partial charge < -0.3 is 94.4 Å². The highest BCUT2D eigenvalue weighted by molar-refractivity contribution is 5.69. The van der Waals surface area contributed by atoms with Crippen LogP contribution < -0.4 is 4.74 Å². The number of phenols is 3. The largest absolute Gasteiger partial charge is 0.508 e. The molecule has 0 aromatic heterocycles. The second-order valence-corrected chi connectivity index (χ2v) is 13.0. The number of hydrogen-bond donors (Lipinski definition) is 12. The molecule has 288 valence electrons. The number of ether oxygens (including phenoxy) is 7. The summed E-state index contributed by atoms with van der Waals surface area (Å²) in [6.45, 7) is 0.0212. The van der Waals surface area contributed by atoms with E-state index in [2.05, 4.69) is 0 Å². The van der Waals surface area contributed by atoms with Crippen LogP contribution in [0.3, 0.4) is 0 Å². The second-order valence-electron chi connectivity index (χ2n) is 13.0. The number of phenolic OH excluding ortho intramolecular Hbond substituents is 3. The maximum Gasteiger partial charge on any atom is 0.229 e. The van der Waals surface area contributed by atoms with Crippen molar-refractivity contribution >= 4 is 6.08 Å². The Morgan fingerprint density at radius 1 is 0.654 bits per heavy atom. The van der Waals surface area contributed by atoms with Gasteiger partial charge in [0, 0.05) is 17.7 Å². The van der Waals surface area contributed by atoms with Crippen LogP contribution in [0.4, 0.5) is 0 Å². The van der Waals surface area contributed by atoms with Gasteiger partial charge in [0.05, 0.1) is 24.9 Å². The summed E-state index contributed by atoms with van der Waals surface area (Å²) in [5.41, 5.74) is 0.447. The standard InChI is InChI=1S/C33H42O19/c1-11-21(38)24(41)27(44)31(47-11)46-10-20-23(40)26(43)30(52-32-28(45)25(42)22(39)19(9-34)50-32)33(51-20)49-18-8-15-16(37)6-14(36)7-17(15)48-29(18)12-2-4-13(35)5-3-12/h2-8,11,19-45H,9-10H2,1H3/t11-,19+,20-,21-,22+,23+,24-,25-,26-,27+,28+,29?,30-,31+,32-,33+/m0/s1. The van der Waals surface area contributed by atoms with E-state index in [9.17, 15) is 61.3 Å². The van der Waals surface area contributed by atoms with Crippen LogP contribution in [-0.2, 0) is 28.4 Å². The molecule has 16 atom stereocenters. The second kappa shape index (κ2) is 15.5. The summed E-state index contributed by atoms with van der Waals surface area (Å²) >= 11 is 0. The van der Waals surface area contributed by atoms with E-state index in [0.29, 0.717) is 5.56 Å². The van der Waals surface area contributed by atoms with E-state index in [-0.39, 0.29) is 28.6 Å². The van der Waals surface area contributed by atoms with E-state index < -0.39 is 117 Å². The fourth-order valence-corrected chi connectivity index (χ4v) is 6.31. The molecule has 4 aliphatic rings. The number of fused-ring (bicyclic) bond motifs is 1. The Morgan fingerprint density at radius 2 is 1.29 bits per heavy atom. The van der Waals surface area contributed by atoms with Gasteiger partial charge in [-0.1, -0.05) is 12.1 Å². The zero-order valence-electron chi connectivity index (χ0n) is 27.4. The van der Waals surface area contributed by atoms with Crippen molar-refractivity contribution in [3.63, 3.8) is 0 Å². The summed E-state index contributed by atoms with van der Waals surface area (Å²) in [6, 6.07) is 7.99. The molecule has 0 amide bonds. The number of aromatic hydroxyl groups is 3. The molecule has 3 fully saturated rings. The first-order valence-electron chi connectivity index (χ1n) is 16.4. The van der Waals surface area contributed by atoms with Crippen molar-refractivity contribution in [2.75, 3.05) is 13.2 Å². The monoisotopic (exact) mass is 742 g/mol. The van der Waals surface area contributed by atoms with E-state index in [4.69, 9.17) is 33.2 Å². The zero-order valence-corrected chi connectivity index (χ0v) is 27.4. The Balaban J connectivity index is 1.33. The average molecular weight is 743 g/mol. The predicted octanol–water partition coefficient (Wildman–Crippen LogP) is -3.23. The Morgan fingerprint density at radius 3 is 1.98 bits per heavy atom. The van der Waals surface area contributed by atoms with Crippen LogP contribution in [0.5, 0.6) is 23.0 Å². The van der Waals surface area contributed by atoms with Gasteiger partial charge in [-0.15, -0.1) is 0 Å². The van der Waals surface area contributed by atoms with E-state index >= 15 is 0 Å². The minimum absolute atomic E-state index is 0.0379. The highest BCUT2D eigenvalue weighted by Crippen LogP contribution is 2.45. The molecule has 12 N–H and O–H groups in total. The first kappa shape index (κ1) is 38.3. The lowest BCUT2D eigenvalue weighted by molar-refractivity contribution is -0.368. The fraction of sp³-hybridized carbons (Fsp3) is 0.576. The molecular weight excluding hydrogens is 700 g/mol. The minimum Gasteiger partial charge on any atom is -0.508 e. The van der Waals surface area contributed by atoms with Crippen LogP contribution in [0.25, 0.3) is 6.08 Å². The summed E-state index contributed by atoms with van der Waals surface area (Å²) in [7, 11) is 0. The van der Waals surface area contributed by atoms with Gasteiger partial charge in [-0.2, -0.15) is 0 Å².